The Kier molecular flexibility index (Phi) is 8.35. The summed E-state index contributed by atoms with van der Waals surface area (Å²) < 4.78 is 23.6. The third-order valence-corrected chi connectivity index (χ3v) is 6.72. The average molecular weight is 531 g/mol. The van der Waals surface area contributed by atoms with Crippen molar-refractivity contribution in [3.8, 4) is 11.1 Å². The molecule has 4 N–H and O–H groups in total. The molecule has 1 aromatic heterocycles. The van der Waals surface area contributed by atoms with E-state index in [1.807, 2.05) is 67.6 Å². The Morgan fingerprint density at radius 2 is 1.53 bits per heavy atom. The minimum Gasteiger partial charge on any atom is -0.392 e. The van der Waals surface area contributed by atoms with Gasteiger partial charge in [0.15, 0.2) is 15.7 Å². The van der Waals surface area contributed by atoms with Crippen LogP contribution in [0, 0.1) is 0 Å². The van der Waals surface area contributed by atoms with Crippen LogP contribution in [-0.2, 0) is 9.84 Å². The normalized spacial score (nSPS) is 12.6. The third kappa shape index (κ3) is 6.93. The van der Waals surface area contributed by atoms with Crippen molar-refractivity contribution in [2.24, 2.45) is 5.10 Å². The summed E-state index contributed by atoms with van der Waals surface area (Å²) in [6.45, 7) is 3.80. The van der Waals surface area contributed by atoms with Crippen LogP contribution in [0.1, 0.15) is 19.4 Å². The maximum Gasteiger partial charge on any atom is 0.231 e. The average Bonchev–Trinajstić information content (AvgIpc) is 2.91. The first kappa shape index (κ1) is 26.8. The molecule has 0 saturated carbocycles. The number of hydrazone groups is 1. The number of rotatable bonds is 10. The van der Waals surface area contributed by atoms with Crippen molar-refractivity contribution < 1.29 is 13.5 Å². The quantitative estimate of drug-likeness (QED) is 0.168. The van der Waals surface area contributed by atoms with Crippen LogP contribution in [-0.4, -0.2) is 48.1 Å². The first-order chi connectivity index (χ1) is 18.2. The molecule has 1 unspecified atom stereocenters. The zero-order chi connectivity index (χ0) is 27.1. The third-order valence-electron chi connectivity index (χ3n) is 5.60. The second-order valence-electron chi connectivity index (χ2n) is 8.81. The molecule has 0 aliphatic carbocycles. The fourth-order valence-corrected chi connectivity index (χ4v) is 4.27. The largest absolute Gasteiger partial charge is 0.392 e. The number of aliphatic hydroxyl groups excluding tert-OH is 1. The molecule has 196 valence electrons. The van der Waals surface area contributed by atoms with Crippen molar-refractivity contribution in [2.45, 2.75) is 24.8 Å². The van der Waals surface area contributed by atoms with Crippen molar-refractivity contribution in [1.29, 1.82) is 0 Å². The van der Waals surface area contributed by atoms with Crippen molar-refractivity contribution in [3.63, 3.8) is 0 Å². The topological polar surface area (TPSA) is 129 Å². The molecule has 1 heterocycles. The SMILES string of the molecule is CC(=NNc1nc(Nc2ccccc2)nc(NCC(C)O)c1-c1ccccc1)c1ccc(S(C)(=O)=O)cc1. The van der Waals surface area contributed by atoms with Gasteiger partial charge < -0.3 is 15.7 Å². The van der Waals surface area contributed by atoms with Crippen molar-refractivity contribution >= 4 is 38.8 Å². The highest BCUT2D eigenvalue weighted by Gasteiger charge is 2.17. The Morgan fingerprint density at radius 3 is 2.13 bits per heavy atom. The molecule has 38 heavy (non-hydrogen) atoms. The smallest absolute Gasteiger partial charge is 0.231 e. The van der Waals surface area contributed by atoms with Crippen molar-refractivity contribution in [2.75, 3.05) is 28.9 Å². The van der Waals surface area contributed by atoms with Gasteiger partial charge in [0.1, 0.15) is 5.82 Å². The molecule has 3 aromatic carbocycles. The van der Waals surface area contributed by atoms with Crippen LogP contribution in [0.2, 0.25) is 0 Å². The lowest BCUT2D eigenvalue weighted by Crippen LogP contribution is -2.18. The number of para-hydroxylation sites is 1. The predicted octanol–water partition coefficient (Wildman–Crippen LogP) is 4.92. The van der Waals surface area contributed by atoms with Gasteiger partial charge in [-0.3, -0.25) is 5.43 Å². The number of hydrogen-bond donors (Lipinski definition) is 4. The molecule has 0 amide bonds. The van der Waals surface area contributed by atoms with Crippen LogP contribution < -0.4 is 16.1 Å². The van der Waals surface area contributed by atoms with Gasteiger partial charge in [-0.25, -0.2) is 8.42 Å². The van der Waals surface area contributed by atoms with Gasteiger partial charge in [0, 0.05) is 18.5 Å². The summed E-state index contributed by atoms with van der Waals surface area (Å²) in [4.78, 5) is 9.67. The molecule has 0 fully saturated rings. The fourth-order valence-electron chi connectivity index (χ4n) is 3.64. The van der Waals surface area contributed by atoms with Crippen LogP contribution in [0.25, 0.3) is 11.1 Å². The zero-order valence-electron chi connectivity index (χ0n) is 21.4. The van der Waals surface area contributed by atoms with E-state index >= 15 is 0 Å². The highest BCUT2D eigenvalue weighted by Crippen LogP contribution is 2.34. The van der Waals surface area contributed by atoms with E-state index in [2.05, 4.69) is 21.2 Å². The van der Waals surface area contributed by atoms with Gasteiger partial charge in [0.2, 0.25) is 5.95 Å². The lowest BCUT2D eigenvalue weighted by molar-refractivity contribution is 0.208. The van der Waals surface area contributed by atoms with Gasteiger partial charge in [0.25, 0.3) is 0 Å². The van der Waals surface area contributed by atoms with E-state index in [0.29, 0.717) is 28.9 Å². The summed E-state index contributed by atoms with van der Waals surface area (Å²) in [5.41, 5.74) is 6.85. The van der Waals surface area contributed by atoms with E-state index in [0.717, 1.165) is 16.8 Å². The van der Waals surface area contributed by atoms with Crippen molar-refractivity contribution in [1.82, 2.24) is 9.97 Å². The minimum absolute atomic E-state index is 0.245. The molecule has 4 aromatic rings. The molecule has 0 radical (unpaired) electrons. The number of aromatic nitrogens is 2. The summed E-state index contributed by atoms with van der Waals surface area (Å²) in [6, 6.07) is 25.8. The van der Waals surface area contributed by atoms with Gasteiger partial charge in [-0.05, 0) is 49.2 Å². The van der Waals surface area contributed by atoms with Gasteiger partial charge in [-0.2, -0.15) is 15.1 Å². The summed E-state index contributed by atoms with van der Waals surface area (Å²) in [5, 5.41) is 20.9. The van der Waals surface area contributed by atoms with E-state index in [1.165, 1.54) is 6.26 Å². The molecule has 0 aliphatic rings. The van der Waals surface area contributed by atoms with Gasteiger partial charge in [-0.1, -0.05) is 60.7 Å². The molecular weight excluding hydrogens is 500 g/mol. The van der Waals surface area contributed by atoms with Crippen LogP contribution in [0.5, 0.6) is 0 Å². The Labute approximate surface area is 222 Å². The van der Waals surface area contributed by atoms with E-state index in [1.54, 1.807) is 31.2 Å². The highest BCUT2D eigenvalue weighted by molar-refractivity contribution is 7.90. The number of nitrogens with one attached hydrogen (secondary N) is 3. The number of anilines is 4. The molecule has 4 rings (SSSR count). The Hall–Kier alpha value is -4.28. The van der Waals surface area contributed by atoms with Crippen LogP contribution in [0.3, 0.4) is 0 Å². The number of nitrogens with zero attached hydrogens (tertiary/aromatic N) is 3. The Morgan fingerprint density at radius 1 is 0.921 bits per heavy atom. The predicted molar refractivity (Wildman–Crippen MR) is 153 cm³/mol. The van der Waals surface area contributed by atoms with Gasteiger partial charge in [-0.15, -0.1) is 0 Å². The number of sulfone groups is 1. The van der Waals surface area contributed by atoms with E-state index in [-0.39, 0.29) is 11.4 Å². The van der Waals surface area contributed by atoms with E-state index < -0.39 is 15.9 Å². The van der Waals surface area contributed by atoms with Crippen LogP contribution in [0.15, 0.2) is 94.9 Å². The monoisotopic (exact) mass is 530 g/mol. The fraction of sp³-hybridized carbons (Fsp3) is 0.179. The Bertz CT molecular complexity index is 1510. The standard InChI is InChI=1S/C28H30N6O3S/c1-19(35)18-29-26-25(22-10-6-4-7-11-22)27(32-28(31-26)30-23-12-8-5-9-13-23)34-33-20(2)21-14-16-24(17-15-21)38(3,36)37/h4-17,19,35H,18H2,1-3H3,(H3,29,30,31,32,34). The maximum absolute atomic E-state index is 11.8. The molecule has 0 saturated heterocycles. The highest BCUT2D eigenvalue weighted by atomic mass is 32.2. The Balaban J connectivity index is 1.76. The number of hydrogen-bond acceptors (Lipinski definition) is 9. The van der Waals surface area contributed by atoms with Gasteiger partial charge in [0.05, 0.1) is 22.3 Å². The van der Waals surface area contributed by atoms with Gasteiger partial charge >= 0.3 is 0 Å². The van der Waals surface area contributed by atoms with Crippen LogP contribution in [0.4, 0.5) is 23.3 Å². The second-order valence-corrected chi connectivity index (χ2v) is 10.8. The minimum atomic E-state index is -3.29. The zero-order valence-corrected chi connectivity index (χ0v) is 22.2. The molecule has 1 atom stereocenters. The van der Waals surface area contributed by atoms with Crippen LogP contribution >= 0.6 is 0 Å². The number of benzene rings is 3. The summed E-state index contributed by atoms with van der Waals surface area (Å²) in [5.74, 6) is 1.32. The second kappa shape index (κ2) is 11.8. The number of aliphatic hydroxyl groups is 1. The molecule has 0 aliphatic heterocycles. The lowest BCUT2D eigenvalue weighted by Gasteiger charge is -2.18. The summed E-state index contributed by atoms with van der Waals surface area (Å²) in [6.07, 6.45) is 0.584. The molecule has 0 bridgehead atoms. The van der Waals surface area contributed by atoms with E-state index in [4.69, 9.17) is 9.97 Å². The van der Waals surface area contributed by atoms with Crippen molar-refractivity contribution in [3.05, 3.63) is 90.5 Å². The van der Waals surface area contributed by atoms with E-state index in [9.17, 15) is 13.5 Å². The molecule has 0 spiro atoms. The molecule has 10 heteroatoms. The summed E-state index contributed by atoms with van der Waals surface area (Å²) >= 11 is 0. The molecular formula is C28H30N6O3S. The lowest BCUT2D eigenvalue weighted by atomic mass is 10.1. The first-order valence-corrected chi connectivity index (χ1v) is 13.9. The maximum atomic E-state index is 11.8. The summed E-state index contributed by atoms with van der Waals surface area (Å²) in [7, 11) is -3.29. The first-order valence-electron chi connectivity index (χ1n) is 12.0. The molecule has 9 nitrogen and oxygen atoms in total.